The predicted octanol–water partition coefficient (Wildman–Crippen LogP) is 3.15. The van der Waals surface area contributed by atoms with Crippen LogP contribution in [-0.4, -0.2) is 4.57 Å². The molecule has 2 aromatic rings. The molecule has 4 heteroatoms. The zero-order chi connectivity index (χ0) is 13.4. The van der Waals surface area contributed by atoms with Crippen LogP contribution in [0.5, 0.6) is 0 Å². The first kappa shape index (κ1) is 12.4. The van der Waals surface area contributed by atoms with Crippen molar-refractivity contribution in [2.45, 2.75) is 31.8 Å². The number of rotatable bonds is 2. The fourth-order valence-electron chi connectivity index (χ4n) is 2.74. The van der Waals surface area contributed by atoms with Gasteiger partial charge in [-0.15, -0.1) is 0 Å². The summed E-state index contributed by atoms with van der Waals surface area (Å²) in [6.45, 7) is 0.337. The molecule has 2 nitrogen and oxygen atoms in total. The number of hydrogen-bond donors (Lipinski definition) is 1. The second kappa shape index (κ2) is 4.78. The van der Waals surface area contributed by atoms with Gasteiger partial charge in [-0.25, -0.2) is 8.78 Å². The Labute approximate surface area is 110 Å². The largest absolute Gasteiger partial charge is 0.349 e. The van der Waals surface area contributed by atoms with Crippen molar-refractivity contribution >= 4 is 0 Å². The molecule has 0 fully saturated rings. The quantitative estimate of drug-likeness (QED) is 0.885. The zero-order valence-electron chi connectivity index (χ0n) is 10.6. The number of aryl methyl sites for hydroxylation is 1. The van der Waals surface area contributed by atoms with E-state index in [0.29, 0.717) is 12.1 Å². The van der Waals surface area contributed by atoms with Crippen molar-refractivity contribution in [1.82, 2.24) is 4.57 Å². The summed E-state index contributed by atoms with van der Waals surface area (Å²) in [6, 6.07) is 4.35. The lowest BCUT2D eigenvalue weighted by atomic mass is 9.92. The molecular weight excluding hydrogens is 246 g/mol. The Morgan fingerprint density at radius 3 is 2.89 bits per heavy atom. The lowest BCUT2D eigenvalue weighted by Crippen LogP contribution is -2.15. The van der Waals surface area contributed by atoms with E-state index in [1.54, 1.807) is 6.07 Å². The van der Waals surface area contributed by atoms with Gasteiger partial charge in [0.1, 0.15) is 0 Å². The van der Waals surface area contributed by atoms with Gasteiger partial charge in [0.15, 0.2) is 11.6 Å². The summed E-state index contributed by atoms with van der Waals surface area (Å²) in [5.41, 5.74) is 8.80. The molecule has 1 aromatic heterocycles. The zero-order valence-corrected chi connectivity index (χ0v) is 10.6. The van der Waals surface area contributed by atoms with Crippen molar-refractivity contribution in [2.24, 2.45) is 5.73 Å². The van der Waals surface area contributed by atoms with Gasteiger partial charge < -0.3 is 10.3 Å². The van der Waals surface area contributed by atoms with Crippen LogP contribution in [0.1, 0.15) is 35.6 Å². The van der Waals surface area contributed by atoms with Crippen LogP contribution >= 0.6 is 0 Å². The third-order valence-corrected chi connectivity index (χ3v) is 3.74. The van der Waals surface area contributed by atoms with Crippen LogP contribution in [0.3, 0.4) is 0 Å². The van der Waals surface area contributed by atoms with Crippen molar-refractivity contribution in [2.75, 3.05) is 0 Å². The maximum atomic E-state index is 13.6. The molecule has 0 amide bonds. The third kappa shape index (κ3) is 2.28. The fourth-order valence-corrected chi connectivity index (χ4v) is 2.74. The van der Waals surface area contributed by atoms with Gasteiger partial charge in [0.2, 0.25) is 0 Å². The SMILES string of the molecule is NC1CCCc2cn(Cc3cccc(F)c3F)cc21. The van der Waals surface area contributed by atoms with Gasteiger partial charge in [0.05, 0.1) is 6.54 Å². The van der Waals surface area contributed by atoms with Gasteiger partial charge in [-0.3, -0.25) is 0 Å². The molecule has 1 aliphatic carbocycles. The molecule has 1 unspecified atom stereocenters. The monoisotopic (exact) mass is 262 g/mol. The van der Waals surface area contributed by atoms with Crippen LogP contribution in [0.25, 0.3) is 0 Å². The minimum absolute atomic E-state index is 0.0716. The van der Waals surface area contributed by atoms with Crippen LogP contribution in [0, 0.1) is 11.6 Å². The highest BCUT2D eigenvalue weighted by Gasteiger charge is 2.19. The molecule has 0 saturated heterocycles. The van der Waals surface area contributed by atoms with Crippen molar-refractivity contribution in [3.8, 4) is 0 Å². The molecule has 1 aliphatic rings. The number of hydrogen-bond acceptors (Lipinski definition) is 1. The van der Waals surface area contributed by atoms with Crippen LogP contribution in [0.4, 0.5) is 8.78 Å². The smallest absolute Gasteiger partial charge is 0.163 e. The van der Waals surface area contributed by atoms with Crippen LogP contribution < -0.4 is 5.73 Å². The summed E-state index contributed by atoms with van der Waals surface area (Å²) in [4.78, 5) is 0. The minimum atomic E-state index is -0.800. The molecule has 100 valence electrons. The number of benzene rings is 1. The van der Waals surface area contributed by atoms with E-state index in [-0.39, 0.29) is 6.04 Å². The normalized spacial score (nSPS) is 18.4. The average Bonchev–Trinajstić information content (AvgIpc) is 2.79. The molecule has 3 rings (SSSR count). The van der Waals surface area contributed by atoms with Crippen LogP contribution in [0.15, 0.2) is 30.6 Å². The maximum absolute atomic E-state index is 13.6. The lowest BCUT2D eigenvalue weighted by molar-refractivity contribution is 0.495. The average molecular weight is 262 g/mol. The van der Waals surface area contributed by atoms with E-state index in [0.717, 1.165) is 30.9 Å². The molecule has 1 aromatic carbocycles. The number of aromatic nitrogens is 1. The molecule has 19 heavy (non-hydrogen) atoms. The van der Waals surface area contributed by atoms with E-state index in [1.165, 1.54) is 11.6 Å². The van der Waals surface area contributed by atoms with Crippen molar-refractivity contribution in [3.63, 3.8) is 0 Å². The molecule has 0 saturated carbocycles. The second-order valence-electron chi connectivity index (χ2n) is 5.12. The van der Waals surface area contributed by atoms with Gasteiger partial charge in [-0.05, 0) is 36.5 Å². The Hall–Kier alpha value is -1.68. The topological polar surface area (TPSA) is 30.9 Å². The number of fused-ring (bicyclic) bond motifs is 1. The lowest BCUT2D eigenvalue weighted by Gasteiger charge is -2.17. The van der Waals surface area contributed by atoms with Crippen molar-refractivity contribution in [3.05, 3.63) is 58.9 Å². The molecule has 0 aliphatic heterocycles. The van der Waals surface area contributed by atoms with Crippen LogP contribution in [0.2, 0.25) is 0 Å². The van der Waals surface area contributed by atoms with Gasteiger partial charge in [-0.2, -0.15) is 0 Å². The molecule has 2 N–H and O–H groups in total. The molecule has 1 atom stereocenters. The number of nitrogens with two attached hydrogens (primary N) is 1. The molecular formula is C15H16F2N2. The van der Waals surface area contributed by atoms with Gasteiger partial charge in [-0.1, -0.05) is 12.1 Å². The summed E-state index contributed by atoms with van der Waals surface area (Å²) in [7, 11) is 0. The van der Waals surface area contributed by atoms with Gasteiger partial charge >= 0.3 is 0 Å². The maximum Gasteiger partial charge on any atom is 0.163 e. The summed E-state index contributed by atoms with van der Waals surface area (Å²) in [5.74, 6) is -1.57. The van der Waals surface area contributed by atoms with Gasteiger partial charge in [0, 0.05) is 24.0 Å². The summed E-state index contributed by atoms with van der Waals surface area (Å²) in [5, 5.41) is 0. The second-order valence-corrected chi connectivity index (χ2v) is 5.12. The number of halogens is 2. The van der Waals surface area contributed by atoms with E-state index in [9.17, 15) is 8.78 Å². The fraction of sp³-hybridized carbons (Fsp3) is 0.333. The molecule has 0 bridgehead atoms. The van der Waals surface area contributed by atoms with E-state index < -0.39 is 11.6 Å². The molecule has 0 spiro atoms. The molecule has 1 heterocycles. The van der Waals surface area contributed by atoms with Crippen LogP contribution in [-0.2, 0) is 13.0 Å². The first-order valence-electron chi connectivity index (χ1n) is 6.52. The predicted molar refractivity (Wildman–Crippen MR) is 69.8 cm³/mol. The Kier molecular flexibility index (Phi) is 3.11. The Balaban J connectivity index is 1.90. The Morgan fingerprint density at radius 1 is 1.26 bits per heavy atom. The van der Waals surface area contributed by atoms with E-state index in [2.05, 4.69) is 0 Å². The highest BCUT2D eigenvalue weighted by Crippen LogP contribution is 2.29. The van der Waals surface area contributed by atoms with E-state index in [4.69, 9.17) is 5.73 Å². The highest BCUT2D eigenvalue weighted by molar-refractivity contribution is 5.31. The van der Waals surface area contributed by atoms with Gasteiger partial charge in [0.25, 0.3) is 0 Å². The standard InChI is InChI=1S/C15H16F2N2/c16-13-5-1-4-11(15(13)17)8-19-7-10-3-2-6-14(18)12(10)9-19/h1,4-5,7,9,14H,2-3,6,8,18H2. The third-order valence-electron chi connectivity index (χ3n) is 3.74. The first-order valence-corrected chi connectivity index (χ1v) is 6.52. The van der Waals surface area contributed by atoms with Crippen molar-refractivity contribution in [1.29, 1.82) is 0 Å². The minimum Gasteiger partial charge on any atom is -0.349 e. The summed E-state index contributed by atoms with van der Waals surface area (Å²) < 4.78 is 28.7. The van der Waals surface area contributed by atoms with E-state index >= 15 is 0 Å². The summed E-state index contributed by atoms with van der Waals surface area (Å²) >= 11 is 0. The highest BCUT2D eigenvalue weighted by atomic mass is 19.2. The summed E-state index contributed by atoms with van der Waals surface area (Å²) in [6.07, 6.45) is 7.06. The first-order chi connectivity index (χ1) is 9.15. The molecule has 0 radical (unpaired) electrons. The van der Waals surface area contributed by atoms with E-state index in [1.807, 2.05) is 17.0 Å². The Morgan fingerprint density at radius 2 is 2.11 bits per heavy atom. The Bertz CT molecular complexity index is 604. The number of nitrogens with zero attached hydrogens (tertiary/aromatic N) is 1. The van der Waals surface area contributed by atoms with Crippen molar-refractivity contribution < 1.29 is 8.78 Å².